The van der Waals surface area contributed by atoms with Crippen molar-refractivity contribution in [3.63, 3.8) is 0 Å². The molecule has 0 saturated carbocycles. The van der Waals surface area contributed by atoms with Gasteiger partial charge in [-0.05, 0) is 48.6 Å². The van der Waals surface area contributed by atoms with Crippen molar-refractivity contribution in [2.24, 2.45) is 0 Å². The SMILES string of the molecule is CC(C)(C)c1ccc(N2CCC2)cc1.Cc1ccc(S(=O)(=O)O)cc1. The van der Waals surface area contributed by atoms with Crippen molar-refractivity contribution >= 4 is 15.8 Å². The molecule has 0 spiro atoms. The first-order valence-electron chi connectivity index (χ1n) is 8.47. The highest BCUT2D eigenvalue weighted by Crippen LogP contribution is 2.26. The predicted octanol–water partition coefficient (Wildman–Crippen LogP) is 4.44. The van der Waals surface area contributed by atoms with Crippen molar-refractivity contribution in [3.8, 4) is 0 Å². The van der Waals surface area contributed by atoms with Crippen LogP contribution in [0.5, 0.6) is 0 Å². The second kappa shape index (κ2) is 7.58. The van der Waals surface area contributed by atoms with E-state index in [1.165, 1.54) is 42.9 Å². The van der Waals surface area contributed by atoms with E-state index in [0.29, 0.717) is 0 Å². The first kappa shape index (κ1) is 19.5. The van der Waals surface area contributed by atoms with Crippen LogP contribution < -0.4 is 4.90 Å². The summed E-state index contributed by atoms with van der Waals surface area (Å²) in [7, 11) is -4.02. The van der Waals surface area contributed by atoms with E-state index in [1.54, 1.807) is 12.1 Å². The monoisotopic (exact) mass is 361 g/mol. The summed E-state index contributed by atoms with van der Waals surface area (Å²) in [6, 6.07) is 15.0. The molecule has 3 rings (SSSR count). The zero-order valence-corrected chi connectivity index (χ0v) is 16.2. The molecular weight excluding hydrogens is 334 g/mol. The van der Waals surface area contributed by atoms with E-state index in [2.05, 4.69) is 49.9 Å². The van der Waals surface area contributed by atoms with Gasteiger partial charge in [0.25, 0.3) is 10.1 Å². The van der Waals surface area contributed by atoms with Crippen molar-refractivity contribution in [1.29, 1.82) is 0 Å². The number of benzene rings is 2. The zero-order chi connectivity index (χ0) is 18.7. The van der Waals surface area contributed by atoms with Crippen LogP contribution in [-0.2, 0) is 15.5 Å². The standard InChI is InChI=1S/C13H19N.C7H8O3S/c1-13(2,3)11-5-7-12(8-6-11)14-9-4-10-14;1-6-2-4-7(5-3-6)11(8,9)10/h5-8H,4,9-10H2,1-3H3;2-5H,1H3,(H,8,9,10). The van der Waals surface area contributed by atoms with Crippen LogP contribution >= 0.6 is 0 Å². The average Bonchev–Trinajstić information content (AvgIpc) is 2.45. The molecule has 4 nitrogen and oxygen atoms in total. The van der Waals surface area contributed by atoms with Gasteiger partial charge < -0.3 is 4.90 Å². The number of hydrogen-bond acceptors (Lipinski definition) is 3. The number of rotatable bonds is 2. The minimum atomic E-state index is -4.02. The van der Waals surface area contributed by atoms with E-state index < -0.39 is 10.1 Å². The molecule has 0 atom stereocenters. The van der Waals surface area contributed by atoms with Crippen LogP contribution in [0.15, 0.2) is 53.4 Å². The van der Waals surface area contributed by atoms with Crippen LogP contribution in [0.2, 0.25) is 0 Å². The van der Waals surface area contributed by atoms with Gasteiger partial charge in [-0.3, -0.25) is 4.55 Å². The molecule has 0 aliphatic carbocycles. The Hall–Kier alpha value is -1.85. The van der Waals surface area contributed by atoms with Crippen LogP contribution in [0.25, 0.3) is 0 Å². The second-order valence-corrected chi connectivity index (χ2v) is 8.85. The summed E-state index contributed by atoms with van der Waals surface area (Å²) in [5.41, 5.74) is 4.02. The summed E-state index contributed by atoms with van der Waals surface area (Å²) in [5, 5.41) is 0. The molecule has 0 unspecified atom stereocenters. The average molecular weight is 362 g/mol. The molecular formula is C20H27NO3S. The van der Waals surface area contributed by atoms with Crippen molar-refractivity contribution in [1.82, 2.24) is 0 Å². The Kier molecular flexibility index (Phi) is 5.91. The lowest BCUT2D eigenvalue weighted by Crippen LogP contribution is -2.36. The van der Waals surface area contributed by atoms with Crippen molar-refractivity contribution in [3.05, 3.63) is 59.7 Å². The van der Waals surface area contributed by atoms with Gasteiger partial charge in [-0.15, -0.1) is 0 Å². The Labute approximate surface area is 151 Å². The highest BCUT2D eigenvalue weighted by atomic mass is 32.2. The first-order valence-corrected chi connectivity index (χ1v) is 9.91. The fraction of sp³-hybridized carbons (Fsp3) is 0.400. The van der Waals surface area contributed by atoms with Crippen LogP contribution in [0.4, 0.5) is 5.69 Å². The molecule has 2 aromatic carbocycles. The number of anilines is 1. The lowest BCUT2D eigenvalue weighted by Gasteiger charge is -2.33. The van der Waals surface area contributed by atoms with Crippen LogP contribution in [0.1, 0.15) is 38.3 Å². The summed E-state index contributed by atoms with van der Waals surface area (Å²) >= 11 is 0. The molecule has 1 fully saturated rings. The van der Waals surface area contributed by atoms with E-state index >= 15 is 0 Å². The highest BCUT2D eigenvalue weighted by molar-refractivity contribution is 7.85. The summed E-state index contributed by atoms with van der Waals surface area (Å²) in [4.78, 5) is 2.36. The molecule has 1 heterocycles. The van der Waals surface area contributed by atoms with Gasteiger partial charge in [0.1, 0.15) is 0 Å². The lowest BCUT2D eigenvalue weighted by molar-refractivity contribution is 0.483. The van der Waals surface area contributed by atoms with Gasteiger partial charge in [-0.25, -0.2) is 0 Å². The summed E-state index contributed by atoms with van der Waals surface area (Å²) < 4.78 is 29.6. The van der Waals surface area contributed by atoms with Crippen LogP contribution in [0.3, 0.4) is 0 Å². The number of aryl methyl sites for hydroxylation is 1. The molecule has 0 amide bonds. The van der Waals surface area contributed by atoms with Crippen molar-refractivity contribution < 1.29 is 13.0 Å². The fourth-order valence-electron chi connectivity index (χ4n) is 2.46. The molecule has 0 radical (unpaired) electrons. The molecule has 1 aliphatic rings. The molecule has 136 valence electrons. The third kappa shape index (κ3) is 5.58. The molecule has 0 aromatic heterocycles. The van der Waals surface area contributed by atoms with Gasteiger partial charge in [0.2, 0.25) is 0 Å². The second-order valence-electron chi connectivity index (χ2n) is 7.43. The highest BCUT2D eigenvalue weighted by Gasteiger charge is 2.16. The predicted molar refractivity (Wildman–Crippen MR) is 103 cm³/mol. The van der Waals surface area contributed by atoms with E-state index in [0.717, 1.165) is 5.56 Å². The fourth-order valence-corrected chi connectivity index (χ4v) is 2.94. The maximum atomic E-state index is 10.5. The van der Waals surface area contributed by atoms with Gasteiger partial charge in [-0.2, -0.15) is 8.42 Å². The molecule has 0 bridgehead atoms. The molecule has 25 heavy (non-hydrogen) atoms. The van der Waals surface area contributed by atoms with E-state index in [9.17, 15) is 8.42 Å². The molecule has 5 heteroatoms. The Morgan fingerprint density at radius 1 is 0.920 bits per heavy atom. The van der Waals surface area contributed by atoms with Gasteiger partial charge in [0, 0.05) is 18.8 Å². The number of nitrogens with zero attached hydrogens (tertiary/aromatic N) is 1. The third-order valence-corrected chi connectivity index (χ3v) is 5.14. The minimum Gasteiger partial charge on any atom is -0.371 e. The number of hydrogen-bond donors (Lipinski definition) is 1. The smallest absolute Gasteiger partial charge is 0.294 e. The lowest BCUT2D eigenvalue weighted by atomic mass is 9.87. The minimum absolute atomic E-state index is 0.0666. The Morgan fingerprint density at radius 3 is 1.80 bits per heavy atom. The molecule has 1 saturated heterocycles. The van der Waals surface area contributed by atoms with Crippen LogP contribution in [0, 0.1) is 6.92 Å². The molecule has 2 aromatic rings. The van der Waals surface area contributed by atoms with E-state index in [1.807, 2.05) is 6.92 Å². The summed E-state index contributed by atoms with van der Waals surface area (Å²) in [6.45, 7) is 11.1. The molecule has 1 N–H and O–H groups in total. The van der Waals surface area contributed by atoms with Gasteiger partial charge in [0.05, 0.1) is 4.90 Å². The maximum Gasteiger partial charge on any atom is 0.294 e. The quantitative estimate of drug-likeness (QED) is 0.804. The van der Waals surface area contributed by atoms with E-state index in [4.69, 9.17) is 4.55 Å². The topological polar surface area (TPSA) is 57.6 Å². The third-order valence-electron chi connectivity index (χ3n) is 4.27. The van der Waals surface area contributed by atoms with Gasteiger partial charge in [-0.1, -0.05) is 50.6 Å². The zero-order valence-electron chi connectivity index (χ0n) is 15.4. The van der Waals surface area contributed by atoms with Gasteiger partial charge in [0.15, 0.2) is 0 Å². The van der Waals surface area contributed by atoms with Gasteiger partial charge >= 0.3 is 0 Å². The Bertz CT molecular complexity index is 784. The maximum absolute atomic E-state index is 10.5. The van der Waals surface area contributed by atoms with Crippen molar-refractivity contribution in [2.75, 3.05) is 18.0 Å². The first-order chi connectivity index (χ1) is 11.6. The van der Waals surface area contributed by atoms with Crippen LogP contribution in [-0.4, -0.2) is 26.1 Å². The summed E-state index contributed by atoms with van der Waals surface area (Å²) in [5.74, 6) is 0. The Morgan fingerprint density at radius 2 is 1.44 bits per heavy atom. The van der Waals surface area contributed by atoms with Crippen molar-refractivity contribution in [2.45, 2.75) is 44.4 Å². The summed E-state index contributed by atoms with van der Waals surface area (Å²) in [6.07, 6.45) is 1.35. The largest absolute Gasteiger partial charge is 0.371 e. The Balaban J connectivity index is 0.000000186. The van der Waals surface area contributed by atoms with E-state index in [-0.39, 0.29) is 10.3 Å². The normalized spacial score (nSPS) is 14.4. The molecule has 1 aliphatic heterocycles.